The van der Waals surface area contributed by atoms with Crippen LogP contribution in [0, 0.1) is 23.2 Å². The van der Waals surface area contributed by atoms with E-state index in [2.05, 4.69) is 15.4 Å². The number of carbonyl (C=O) groups excluding carboxylic acids is 3. The molecule has 2 aliphatic rings. The first-order valence-electron chi connectivity index (χ1n) is 16.0. The predicted octanol–water partition coefficient (Wildman–Crippen LogP) is 2.76. The van der Waals surface area contributed by atoms with Gasteiger partial charge in [-0.3, -0.25) is 14.4 Å². The van der Waals surface area contributed by atoms with Crippen molar-refractivity contribution >= 4 is 29.2 Å². The average molecular weight is 643 g/mol. The van der Waals surface area contributed by atoms with E-state index in [1.807, 2.05) is 13.0 Å². The summed E-state index contributed by atoms with van der Waals surface area (Å²) in [5, 5.41) is 29.2. The van der Waals surface area contributed by atoms with E-state index in [0.29, 0.717) is 12.1 Å². The number of aliphatic hydroxyl groups excluding tert-OH is 1. The van der Waals surface area contributed by atoms with Crippen LogP contribution in [-0.2, 0) is 38.9 Å². The zero-order valence-electron chi connectivity index (χ0n) is 27.2. The Morgan fingerprint density at radius 2 is 2.00 bits per heavy atom. The average Bonchev–Trinajstić information content (AvgIpc) is 3.75. The van der Waals surface area contributed by atoms with Crippen molar-refractivity contribution in [2.24, 2.45) is 17.6 Å². The number of esters is 2. The van der Waals surface area contributed by atoms with Gasteiger partial charge in [0.1, 0.15) is 48.4 Å². The Morgan fingerprint density at radius 3 is 2.65 bits per heavy atom. The Bertz CT molecular complexity index is 1430. The molecule has 1 aliphatic heterocycles. The van der Waals surface area contributed by atoms with E-state index >= 15 is 0 Å². The fourth-order valence-corrected chi connectivity index (χ4v) is 5.72. The standard InChI is InChI=1S/C32H46N6O8/c1-6-7-14-44-31(4,5)30(42)37-28-21-12-13-23(38(21)36-18-35-28)32(17-33)27(40)26(45-29(41)25(34)19(2)3)22(46-32)16-43-24(39)15-20-10-8-9-11-20/h12-13,18-20,22,25-27,40H,6-11,14-16,34H2,1-5H3,(H,35,36,37,42)/t22-,25+,26-,27-,32+/m1/s1. The number of carbonyl (C=O) groups is 3. The fraction of sp³-hybridized carbons (Fsp3) is 0.688. The number of rotatable bonds is 14. The van der Waals surface area contributed by atoms with E-state index in [0.717, 1.165) is 38.5 Å². The Kier molecular flexibility index (Phi) is 11.4. The number of aliphatic hydroxyl groups is 1. The summed E-state index contributed by atoms with van der Waals surface area (Å²) in [6.45, 7) is 8.87. The SMILES string of the molecule is CCCCOC(C)(C)C(=O)Nc1ncnn2c([C@]3(C#N)O[C@H](COC(=O)CC4CCCC4)[C@@H](OC(=O)[C@@H](N)C(C)C)[C@H]3O)ccc12. The molecule has 252 valence electrons. The highest BCUT2D eigenvalue weighted by Gasteiger charge is 2.60. The molecule has 1 aliphatic carbocycles. The fourth-order valence-electron chi connectivity index (χ4n) is 5.72. The molecule has 4 rings (SSSR count). The highest BCUT2D eigenvalue weighted by molar-refractivity contribution is 5.98. The Hall–Kier alpha value is -3.64. The van der Waals surface area contributed by atoms with Gasteiger partial charge >= 0.3 is 11.9 Å². The van der Waals surface area contributed by atoms with Gasteiger partial charge in [0.05, 0.1) is 5.69 Å². The number of unbranched alkanes of at least 4 members (excludes halogenated alkanes) is 1. The van der Waals surface area contributed by atoms with E-state index < -0.39 is 53.4 Å². The third kappa shape index (κ3) is 7.49. The molecule has 2 aromatic heterocycles. The first-order valence-corrected chi connectivity index (χ1v) is 16.0. The molecule has 0 spiro atoms. The summed E-state index contributed by atoms with van der Waals surface area (Å²) in [6.07, 6.45) is 2.87. The smallest absolute Gasteiger partial charge is 0.323 e. The van der Waals surface area contributed by atoms with Crippen LogP contribution in [0.15, 0.2) is 18.5 Å². The van der Waals surface area contributed by atoms with Crippen molar-refractivity contribution in [2.45, 2.75) is 115 Å². The van der Waals surface area contributed by atoms with Crippen LogP contribution in [0.1, 0.15) is 85.3 Å². The number of nitriles is 1. The van der Waals surface area contributed by atoms with Crippen molar-refractivity contribution in [2.75, 3.05) is 18.5 Å². The second kappa shape index (κ2) is 14.8. The van der Waals surface area contributed by atoms with E-state index in [-0.39, 0.29) is 36.4 Å². The maximum atomic E-state index is 13.1. The number of nitrogens with one attached hydrogen (secondary N) is 1. The largest absolute Gasteiger partial charge is 0.463 e. The molecule has 0 aromatic carbocycles. The number of aromatic nitrogens is 3. The molecule has 14 heteroatoms. The van der Waals surface area contributed by atoms with Gasteiger partial charge in [0.25, 0.3) is 5.91 Å². The normalized spacial score (nSPS) is 24.2. The molecule has 14 nitrogen and oxygen atoms in total. The molecule has 46 heavy (non-hydrogen) atoms. The van der Waals surface area contributed by atoms with Gasteiger partial charge in [0, 0.05) is 13.0 Å². The summed E-state index contributed by atoms with van der Waals surface area (Å²) in [7, 11) is 0. The van der Waals surface area contributed by atoms with Gasteiger partial charge in [-0.25, -0.2) is 9.50 Å². The lowest BCUT2D eigenvalue weighted by Crippen LogP contribution is -2.46. The summed E-state index contributed by atoms with van der Waals surface area (Å²) < 4.78 is 24.4. The maximum absolute atomic E-state index is 13.1. The quantitative estimate of drug-likeness (QED) is 0.201. The minimum Gasteiger partial charge on any atom is -0.463 e. The molecular weight excluding hydrogens is 596 g/mol. The molecule has 5 atom stereocenters. The number of nitrogens with zero attached hydrogens (tertiary/aromatic N) is 4. The van der Waals surface area contributed by atoms with E-state index in [1.54, 1.807) is 33.8 Å². The molecular formula is C32H46N6O8. The highest BCUT2D eigenvalue weighted by atomic mass is 16.6. The molecule has 2 fully saturated rings. The van der Waals surface area contributed by atoms with Crippen molar-refractivity contribution in [1.82, 2.24) is 14.6 Å². The predicted molar refractivity (Wildman–Crippen MR) is 165 cm³/mol. The van der Waals surface area contributed by atoms with Crippen LogP contribution in [0.25, 0.3) is 5.52 Å². The van der Waals surface area contributed by atoms with Crippen LogP contribution < -0.4 is 11.1 Å². The van der Waals surface area contributed by atoms with Crippen LogP contribution in [0.3, 0.4) is 0 Å². The van der Waals surface area contributed by atoms with Crippen LogP contribution in [0.5, 0.6) is 0 Å². The lowest BCUT2D eigenvalue weighted by atomic mass is 9.92. The molecule has 0 radical (unpaired) electrons. The summed E-state index contributed by atoms with van der Waals surface area (Å²) in [5.41, 5.74) is 3.15. The van der Waals surface area contributed by atoms with Crippen molar-refractivity contribution in [1.29, 1.82) is 5.26 Å². The lowest BCUT2D eigenvalue weighted by molar-refractivity contribution is -0.162. The van der Waals surface area contributed by atoms with Crippen molar-refractivity contribution < 1.29 is 38.4 Å². The number of anilines is 1. The van der Waals surface area contributed by atoms with Crippen molar-refractivity contribution in [3.8, 4) is 6.07 Å². The molecule has 0 unspecified atom stereocenters. The molecule has 1 amide bonds. The summed E-state index contributed by atoms with van der Waals surface area (Å²) >= 11 is 0. The monoisotopic (exact) mass is 642 g/mol. The van der Waals surface area contributed by atoms with Crippen LogP contribution in [-0.4, -0.2) is 80.7 Å². The summed E-state index contributed by atoms with van der Waals surface area (Å²) in [6, 6.07) is 4.11. The van der Waals surface area contributed by atoms with Crippen LogP contribution in [0.4, 0.5) is 5.82 Å². The second-order valence-electron chi connectivity index (χ2n) is 12.9. The third-order valence-corrected chi connectivity index (χ3v) is 8.75. The zero-order chi connectivity index (χ0) is 33.6. The van der Waals surface area contributed by atoms with Crippen molar-refractivity contribution in [3.63, 3.8) is 0 Å². The number of fused-ring (bicyclic) bond motifs is 1. The molecule has 4 N–H and O–H groups in total. The molecule has 1 saturated carbocycles. The van der Waals surface area contributed by atoms with Crippen molar-refractivity contribution in [3.05, 3.63) is 24.2 Å². The number of amides is 1. The minimum absolute atomic E-state index is 0.0860. The Labute approximate surface area is 268 Å². The first-order chi connectivity index (χ1) is 21.8. The maximum Gasteiger partial charge on any atom is 0.323 e. The van der Waals surface area contributed by atoms with E-state index in [4.69, 9.17) is 24.7 Å². The van der Waals surface area contributed by atoms with Crippen LogP contribution >= 0.6 is 0 Å². The second-order valence-corrected chi connectivity index (χ2v) is 12.9. The summed E-state index contributed by atoms with van der Waals surface area (Å²) in [4.78, 5) is 42.9. The van der Waals surface area contributed by atoms with Gasteiger partial charge in [-0.2, -0.15) is 10.4 Å². The first kappa shape index (κ1) is 35.2. The molecule has 0 bridgehead atoms. The highest BCUT2D eigenvalue weighted by Crippen LogP contribution is 2.42. The van der Waals surface area contributed by atoms with E-state index in [9.17, 15) is 24.8 Å². The minimum atomic E-state index is -2.11. The molecule has 3 heterocycles. The van der Waals surface area contributed by atoms with Gasteiger partial charge in [-0.05, 0) is 57.1 Å². The van der Waals surface area contributed by atoms with Gasteiger partial charge in [0.2, 0.25) is 5.60 Å². The number of ether oxygens (including phenoxy) is 4. The van der Waals surface area contributed by atoms with Gasteiger partial charge in [-0.1, -0.05) is 40.0 Å². The molecule has 1 saturated heterocycles. The topological polar surface area (TPSA) is 200 Å². The number of hydrogen-bond donors (Lipinski definition) is 3. The molecule has 2 aromatic rings. The van der Waals surface area contributed by atoms with Gasteiger partial charge in [-0.15, -0.1) is 0 Å². The third-order valence-electron chi connectivity index (χ3n) is 8.75. The van der Waals surface area contributed by atoms with Crippen LogP contribution in [0.2, 0.25) is 0 Å². The Morgan fingerprint density at radius 1 is 1.28 bits per heavy atom. The zero-order valence-corrected chi connectivity index (χ0v) is 27.2. The van der Waals surface area contributed by atoms with Gasteiger partial charge < -0.3 is 35.1 Å². The summed E-state index contributed by atoms with van der Waals surface area (Å²) in [5.74, 6) is -1.55. The number of nitrogens with two attached hydrogens (primary N) is 1. The Balaban J connectivity index is 1.62. The van der Waals surface area contributed by atoms with Gasteiger partial charge in [0.15, 0.2) is 11.9 Å². The lowest BCUT2D eigenvalue weighted by Gasteiger charge is -2.26. The number of hydrogen-bond acceptors (Lipinski definition) is 12. The van der Waals surface area contributed by atoms with E-state index in [1.165, 1.54) is 16.9 Å².